The van der Waals surface area contributed by atoms with E-state index in [1.54, 1.807) is 24.1 Å². The fraction of sp³-hybridized carbons (Fsp3) is 0.526. The lowest BCUT2D eigenvalue weighted by molar-refractivity contribution is -0.136. The average molecular weight is 400 g/mol. The Balaban J connectivity index is 2.03. The van der Waals surface area contributed by atoms with Crippen LogP contribution in [-0.4, -0.2) is 45.3 Å². The van der Waals surface area contributed by atoms with Crippen molar-refractivity contribution in [3.63, 3.8) is 0 Å². The van der Waals surface area contributed by atoms with E-state index in [1.165, 1.54) is 12.1 Å². The highest BCUT2D eigenvalue weighted by molar-refractivity contribution is 7.86. The lowest BCUT2D eigenvalue weighted by atomic mass is 9.82. The van der Waals surface area contributed by atoms with Gasteiger partial charge in [-0.2, -0.15) is 8.42 Å². The van der Waals surface area contributed by atoms with Crippen LogP contribution in [0.25, 0.3) is 0 Å². The minimum atomic E-state index is -3.83. The molecule has 0 spiro atoms. The van der Waals surface area contributed by atoms with Crippen molar-refractivity contribution in [3.05, 3.63) is 42.0 Å². The molecular formula is C19H26ClNO4S. The first kappa shape index (κ1) is 20.9. The summed E-state index contributed by atoms with van der Waals surface area (Å²) in [6, 6.07) is 6.54. The SMILES string of the molecule is Cc1ccc(S(=O)(=O)OCC2CC=CCC2C(=O)N(C)CCCCl)cc1. The topological polar surface area (TPSA) is 63.7 Å². The van der Waals surface area contributed by atoms with Gasteiger partial charge in [0.05, 0.1) is 11.5 Å². The van der Waals surface area contributed by atoms with Gasteiger partial charge >= 0.3 is 0 Å². The van der Waals surface area contributed by atoms with E-state index < -0.39 is 10.1 Å². The molecule has 2 rings (SSSR count). The second-order valence-electron chi connectivity index (χ2n) is 6.66. The molecule has 1 amide bonds. The third-order valence-corrected chi connectivity index (χ3v) is 6.20. The van der Waals surface area contributed by atoms with Gasteiger partial charge in [0.1, 0.15) is 0 Å². The van der Waals surface area contributed by atoms with Crippen LogP contribution in [0.1, 0.15) is 24.8 Å². The quantitative estimate of drug-likeness (QED) is 0.382. The van der Waals surface area contributed by atoms with Crippen molar-refractivity contribution < 1.29 is 17.4 Å². The van der Waals surface area contributed by atoms with Crippen LogP contribution in [0.2, 0.25) is 0 Å². The van der Waals surface area contributed by atoms with Gasteiger partial charge in [-0.25, -0.2) is 0 Å². The van der Waals surface area contributed by atoms with Crippen molar-refractivity contribution in [1.82, 2.24) is 4.90 Å². The van der Waals surface area contributed by atoms with Crippen LogP contribution in [0.15, 0.2) is 41.3 Å². The molecule has 0 radical (unpaired) electrons. The molecule has 0 aromatic heterocycles. The van der Waals surface area contributed by atoms with E-state index >= 15 is 0 Å². The van der Waals surface area contributed by atoms with Crippen molar-refractivity contribution in [3.8, 4) is 0 Å². The predicted molar refractivity (Wildman–Crippen MR) is 103 cm³/mol. The molecule has 0 saturated carbocycles. The fourth-order valence-electron chi connectivity index (χ4n) is 3.00. The molecule has 5 nitrogen and oxygen atoms in total. The normalized spacial score (nSPS) is 20.1. The van der Waals surface area contributed by atoms with E-state index in [9.17, 15) is 13.2 Å². The predicted octanol–water partition coefficient (Wildman–Crippen LogP) is 3.37. The maximum Gasteiger partial charge on any atom is 0.296 e. The molecule has 0 saturated heterocycles. The van der Waals surface area contributed by atoms with E-state index in [-0.39, 0.29) is 29.2 Å². The van der Waals surface area contributed by atoms with Crippen LogP contribution in [-0.2, 0) is 19.1 Å². The number of benzene rings is 1. The van der Waals surface area contributed by atoms with Crippen molar-refractivity contribution >= 4 is 27.6 Å². The molecule has 0 heterocycles. The van der Waals surface area contributed by atoms with E-state index in [4.69, 9.17) is 15.8 Å². The second-order valence-corrected chi connectivity index (χ2v) is 8.66. The average Bonchev–Trinajstić information content (AvgIpc) is 2.64. The summed E-state index contributed by atoms with van der Waals surface area (Å²) in [7, 11) is -2.07. The third-order valence-electron chi connectivity index (χ3n) is 4.63. The molecule has 1 aliphatic rings. The van der Waals surface area contributed by atoms with Crippen molar-refractivity contribution in [2.75, 3.05) is 26.1 Å². The third kappa shape index (κ3) is 5.56. The summed E-state index contributed by atoms with van der Waals surface area (Å²) in [4.78, 5) is 14.5. The number of nitrogens with zero attached hydrogens (tertiary/aromatic N) is 1. The number of allylic oxidation sites excluding steroid dienone is 2. The zero-order valence-corrected chi connectivity index (χ0v) is 16.8. The maximum absolute atomic E-state index is 12.7. The summed E-state index contributed by atoms with van der Waals surface area (Å²) in [6.07, 6.45) is 5.92. The molecule has 1 aromatic rings. The molecule has 0 aliphatic heterocycles. The summed E-state index contributed by atoms with van der Waals surface area (Å²) in [5.41, 5.74) is 0.979. The van der Waals surface area contributed by atoms with Crippen molar-refractivity contribution in [2.45, 2.75) is 31.1 Å². The Labute approximate surface area is 161 Å². The Morgan fingerprint density at radius 1 is 1.23 bits per heavy atom. The van der Waals surface area contributed by atoms with Gasteiger partial charge in [0.15, 0.2) is 0 Å². The molecule has 2 unspecified atom stereocenters. The van der Waals surface area contributed by atoms with Gasteiger partial charge in [0.2, 0.25) is 5.91 Å². The molecule has 26 heavy (non-hydrogen) atoms. The molecule has 1 aromatic carbocycles. The number of aryl methyl sites for hydroxylation is 1. The lowest BCUT2D eigenvalue weighted by Gasteiger charge is -2.30. The monoisotopic (exact) mass is 399 g/mol. The lowest BCUT2D eigenvalue weighted by Crippen LogP contribution is -2.39. The van der Waals surface area contributed by atoms with Gasteiger partial charge in [-0.05, 0) is 44.2 Å². The zero-order chi connectivity index (χ0) is 19.2. The van der Waals surface area contributed by atoms with Crippen molar-refractivity contribution in [2.24, 2.45) is 11.8 Å². The fourth-order valence-corrected chi connectivity index (χ4v) is 4.08. The number of hydrogen-bond donors (Lipinski definition) is 0. The van der Waals surface area contributed by atoms with Crippen LogP contribution in [0.4, 0.5) is 0 Å². The van der Waals surface area contributed by atoms with Gasteiger partial charge in [-0.3, -0.25) is 8.98 Å². The molecule has 2 atom stereocenters. The maximum atomic E-state index is 12.7. The van der Waals surface area contributed by atoms with Gasteiger partial charge < -0.3 is 4.90 Å². The first-order valence-corrected chi connectivity index (χ1v) is 10.7. The largest absolute Gasteiger partial charge is 0.345 e. The number of carbonyl (C=O) groups excluding carboxylic acids is 1. The molecule has 0 bridgehead atoms. The number of alkyl halides is 1. The van der Waals surface area contributed by atoms with Crippen LogP contribution in [0.5, 0.6) is 0 Å². The molecule has 1 aliphatic carbocycles. The van der Waals surface area contributed by atoms with E-state index in [0.717, 1.165) is 12.0 Å². The number of hydrogen-bond acceptors (Lipinski definition) is 4. The van der Waals surface area contributed by atoms with Gasteiger partial charge in [0.25, 0.3) is 10.1 Å². The first-order valence-electron chi connectivity index (χ1n) is 8.77. The van der Waals surface area contributed by atoms with Crippen LogP contribution in [0, 0.1) is 18.8 Å². The highest BCUT2D eigenvalue weighted by Crippen LogP contribution is 2.29. The minimum Gasteiger partial charge on any atom is -0.345 e. The second kappa shape index (κ2) is 9.53. The number of amides is 1. The molecular weight excluding hydrogens is 374 g/mol. The summed E-state index contributed by atoms with van der Waals surface area (Å²) >= 11 is 5.70. The highest BCUT2D eigenvalue weighted by Gasteiger charge is 2.32. The van der Waals surface area contributed by atoms with Crippen LogP contribution < -0.4 is 0 Å². The Kier molecular flexibility index (Phi) is 7.68. The number of halogens is 1. The van der Waals surface area contributed by atoms with E-state index in [0.29, 0.717) is 25.3 Å². The number of carbonyl (C=O) groups is 1. The first-order chi connectivity index (χ1) is 12.3. The van der Waals surface area contributed by atoms with Gasteiger partial charge in [0, 0.05) is 25.4 Å². The Bertz CT molecular complexity index is 730. The van der Waals surface area contributed by atoms with E-state index in [2.05, 4.69) is 0 Å². The summed E-state index contributed by atoms with van der Waals surface area (Å²) in [5, 5.41) is 0. The standard InChI is InChI=1S/C19H26ClNO4S/c1-15-8-10-17(11-9-15)26(23,24)25-14-16-6-3-4-7-18(16)19(22)21(2)13-5-12-20/h3-4,8-11,16,18H,5-7,12-14H2,1-2H3. The number of rotatable bonds is 8. The van der Waals surface area contributed by atoms with Gasteiger partial charge in [-0.15, -0.1) is 11.6 Å². The summed E-state index contributed by atoms with van der Waals surface area (Å²) < 4.78 is 30.1. The van der Waals surface area contributed by atoms with Gasteiger partial charge in [-0.1, -0.05) is 29.8 Å². The minimum absolute atomic E-state index is 0.000300. The Hall–Kier alpha value is -1.37. The Morgan fingerprint density at radius 3 is 2.54 bits per heavy atom. The zero-order valence-electron chi connectivity index (χ0n) is 15.2. The summed E-state index contributed by atoms with van der Waals surface area (Å²) in [6.45, 7) is 2.49. The van der Waals surface area contributed by atoms with Crippen LogP contribution in [0.3, 0.4) is 0 Å². The molecule has 0 N–H and O–H groups in total. The highest BCUT2D eigenvalue weighted by atomic mass is 35.5. The Morgan fingerprint density at radius 2 is 1.88 bits per heavy atom. The van der Waals surface area contributed by atoms with Crippen molar-refractivity contribution in [1.29, 1.82) is 0 Å². The van der Waals surface area contributed by atoms with E-state index in [1.807, 2.05) is 19.1 Å². The van der Waals surface area contributed by atoms with Crippen LogP contribution >= 0.6 is 11.6 Å². The molecule has 7 heteroatoms. The molecule has 0 fully saturated rings. The summed E-state index contributed by atoms with van der Waals surface area (Å²) in [5.74, 6) is 0.0873. The molecule has 144 valence electrons. The smallest absolute Gasteiger partial charge is 0.296 e.